The first-order chi connectivity index (χ1) is 13.9. The lowest BCUT2D eigenvalue weighted by molar-refractivity contribution is -0.141. The third kappa shape index (κ3) is 4.06. The largest absolute Gasteiger partial charge is 0.336 e. The number of amides is 2. The van der Waals surface area contributed by atoms with Gasteiger partial charge < -0.3 is 4.90 Å². The second kappa shape index (κ2) is 7.78. The molecule has 0 N–H and O–H groups in total. The van der Waals surface area contributed by atoms with Gasteiger partial charge in [0, 0.05) is 24.9 Å². The van der Waals surface area contributed by atoms with Gasteiger partial charge in [-0.05, 0) is 31.4 Å². The Labute approximate surface area is 169 Å². The lowest BCUT2D eigenvalue weighted by Gasteiger charge is -2.25. The summed E-state index contributed by atoms with van der Waals surface area (Å²) in [7, 11) is 1.65. The number of carbonyl (C=O) groups is 2. The van der Waals surface area contributed by atoms with Crippen LogP contribution in [0.2, 0.25) is 0 Å². The number of likely N-dealkylation sites (N-methyl/N-ethyl adjacent to an activating group) is 1. The van der Waals surface area contributed by atoms with Gasteiger partial charge in [-0.1, -0.05) is 48.0 Å². The van der Waals surface area contributed by atoms with Crippen molar-refractivity contribution < 1.29 is 14.0 Å². The van der Waals surface area contributed by atoms with Crippen molar-refractivity contribution in [1.29, 1.82) is 0 Å². The maximum absolute atomic E-state index is 14.3. The molecule has 1 atom stereocenters. The average molecular weight is 393 g/mol. The standard InChI is InChI=1S/C23H24FN3O2/c1-15-7-9-16(10-8-15)21-13-20(18-5-3-4-6-19(18)24)25-27(21)22(28)14-26(2)23(29)17-11-12-17/h3-10,17,21H,11-14H2,1-2H3/t21-/m0/s1. The van der Waals surface area contributed by atoms with E-state index in [1.54, 1.807) is 25.2 Å². The van der Waals surface area contributed by atoms with E-state index in [0.717, 1.165) is 24.0 Å². The molecule has 6 heteroatoms. The molecule has 2 amide bonds. The fourth-order valence-corrected chi connectivity index (χ4v) is 3.64. The van der Waals surface area contributed by atoms with Crippen LogP contribution >= 0.6 is 0 Å². The summed E-state index contributed by atoms with van der Waals surface area (Å²) in [6, 6.07) is 14.1. The molecule has 29 heavy (non-hydrogen) atoms. The summed E-state index contributed by atoms with van der Waals surface area (Å²) >= 11 is 0. The van der Waals surface area contributed by atoms with Crippen LogP contribution in [0, 0.1) is 18.7 Å². The highest BCUT2D eigenvalue weighted by atomic mass is 19.1. The van der Waals surface area contributed by atoms with Crippen molar-refractivity contribution >= 4 is 17.5 Å². The van der Waals surface area contributed by atoms with Gasteiger partial charge in [0.05, 0.1) is 11.8 Å². The Kier molecular flexibility index (Phi) is 5.18. The Morgan fingerprint density at radius 2 is 1.83 bits per heavy atom. The number of hydrogen-bond donors (Lipinski definition) is 0. The highest BCUT2D eigenvalue weighted by Gasteiger charge is 2.37. The molecular formula is C23H24FN3O2. The fourth-order valence-electron chi connectivity index (χ4n) is 3.64. The minimum absolute atomic E-state index is 0.00254. The smallest absolute Gasteiger partial charge is 0.262 e. The Hall–Kier alpha value is -3.02. The van der Waals surface area contributed by atoms with Crippen molar-refractivity contribution in [1.82, 2.24) is 9.91 Å². The van der Waals surface area contributed by atoms with Crippen LogP contribution in [0.4, 0.5) is 4.39 Å². The van der Waals surface area contributed by atoms with Gasteiger partial charge in [0.15, 0.2) is 0 Å². The van der Waals surface area contributed by atoms with Crippen molar-refractivity contribution in [3.63, 3.8) is 0 Å². The number of rotatable bonds is 5. The zero-order valence-electron chi connectivity index (χ0n) is 16.6. The van der Waals surface area contributed by atoms with Crippen LogP contribution in [0.3, 0.4) is 0 Å². The minimum Gasteiger partial charge on any atom is -0.336 e. The summed E-state index contributed by atoms with van der Waals surface area (Å²) in [5.74, 6) is -0.567. The minimum atomic E-state index is -0.357. The van der Waals surface area contributed by atoms with E-state index in [-0.39, 0.29) is 36.1 Å². The summed E-state index contributed by atoms with van der Waals surface area (Å²) in [5, 5.41) is 5.91. The summed E-state index contributed by atoms with van der Waals surface area (Å²) in [6.45, 7) is 1.97. The first kappa shape index (κ1) is 19.3. The molecule has 0 radical (unpaired) electrons. The Balaban J connectivity index is 1.61. The van der Waals surface area contributed by atoms with Crippen LogP contribution < -0.4 is 0 Å². The molecule has 5 nitrogen and oxygen atoms in total. The van der Waals surface area contributed by atoms with E-state index in [1.807, 2.05) is 31.2 Å². The predicted molar refractivity (Wildman–Crippen MR) is 109 cm³/mol. The zero-order valence-corrected chi connectivity index (χ0v) is 16.6. The second-order valence-corrected chi connectivity index (χ2v) is 7.86. The molecule has 1 saturated carbocycles. The summed E-state index contributed by atoms with van der Waals surface area (Å²) in [6.07, 6.45) is 2.21. The van der Waals surface area contributed by atoms with E-state index in [9.17, 15) is 14.0 Å². The topological polar surface area (TPSA) is 53.0 Å². The SMILES string of the molecule is Cc1ccc([C@@H]2CC(c3ccccc3F)=NN2C(=O)CN(C)C(=O)C2CC2)cc1. The fraction of sp³-hybridized carbons (Fsp3) is 0.348. The van der Waals surface area contributed by atoms with Crippen LogP contribution in [0.5, 0.6) is 0 Å². The third-order valence-electron chi connectivity index (χ3n) is 5.49. The second-order valence-electron chi connectivity index (χ2n) is 7.86. The molecule has 2 aromatic carbocycles. The first-order valence-corrected chi connectivity index (χ1v) is 9.90. The zero-order chi connectivity index (χ0) is 20.5. The van der Waals surface area contributed by atoms with Gasteiger partial charge in [-0.25, -0.2) is 9.40 Å². The highest BCUT2D eigenvalue weighted by Crippen LogP contribution is 2.34. The first-order valence-electron chi connectivity index (χ1n) is 9.90. The van der Waals surface area contributed by atoms with Crippen LogP contribution in [0.25, 0.3) is 0 Å². The Morgan fingerprint density at radius 1 is 1.14 bits per heavy atom. The van der Waals surface area contributed by atoms with Gasteiger partial charge in [-0.2, -0.15) is 5.10 Å². The molecule has 0 aromatic heterocycles. The quantitative estimate of drug-likeness (QED) is 0.778. The maximum atomic E-state index is 14.3. The van der Waals surface area contributed by atoms with Crippen LogP contribution in [-0.2, 0) is 9.59 Å². The molecule has 1 aliphatic carbocycles. The molecule has 2 aromatic rings. The van der Waals surface area contributed by atoms with E-state index < -0.39 is 0 Å². The molecule has 1 fully saturated rings. The highest BCUT2D eigenvalue weighted by molar-refractivity contribution is 6.03. The van der Waals surface area contributed by atoms with Crippen molar-refractivity contribution in [3.05, 3.63) is 71.0 Å². The van der Waals surface area contributed by atoms with Gasteiger partial charge in [0.25, 0.3) is 5.91 Å². The van der Waals surface area contributed by atoms with E-state index >= 15 is 0 Å². The van der Waals surface area contributed by atoms with Crippen molar-refractivity contribution in [2.45, 2.75) is 32.2 Å². The third-order valence-corrected chi connectivity index (χ3v) is 5.49. The van der Waals surface area contributed by atoms with E-state index in [1.165, 1.54) is 16.0 Å². The van der Waals surface area contributed by atoms with Crippen molar-refractivity contribution in [2.24, 2.45) is 11.0 Å². The molecule has 150 valence electrons. The number of carbonyl (C=O) groups excluding carboxylic acids is 2. The molecule has 0 bridgehead atoms. The average Bonchev–Trinajstić information content (AvgIpc) is 3.47. The van der Waals surface area contributed by atoms with Gasteiger partial charge in [-0.3, -0.25) is 9.59 Å². The van der Waals surface area contributed by atoms with Gasteiger partial charge >= 0.3 is 0 Å². The van der Waals surface area contributed by atoms with E-state index in [0.29, 0.717) is 17.7 Å². The maximum Gasteiger partial charge on any atom is 0.262 e. The molecule has 0 saturated heterocycles. The molecule has 0 spiro atoms. The Bertz CT molecular complexity index is 966. The summed E-state index contributed by atoms with van der Waals surface area (Å²) in [4.78, 5) is 26.8. The Morgan fingerprint density at radius 3 is 2.48 bits per heavy atom. The molecule has 1 aliphatic heterocycles. The molecule has 1 heterocycles. The molecular weight excluding hydrogens is 369 g/mol. The molecule has 0 unspecified atom stereocenters. The number of hydrazone groups is 1. The lowest BCUT2D eigenvalue weighted by Crippen LogP contribution is -2.39. The van der Waals surface area contributed by atoms with E-state index in [4.69, 9.17) is 0 Å². The number of halogens is 1. The number of nitrogens with zero attached hydrogens (tertiary/aromatic N) is 3. The lowest BCUT2D eigenvalue weighted by atomic mass is 9.97. The van der Waals surface area contributed by atoms with Crippen LogP contribution in [-0.4, -0.2) is 41.0 Å². The molecule has 4 rings (SSSR count). The van der Waals surface area contributed by atoms with Crippen LogP contribution in [0.1, 0.15) is 42.0 Å². The number of benzene rings is 2. The van der Waals surface area contributed by atoms with Gasteiger partial charge in [0.1, 0.15) is 12.4 Å². The van der Waals surface area contributed by atoms with Crippen LogP contribution in [0.15, 0.2) is 53.6 Å². The van der Waals surface area contributed by atoms with Crippen molar-refractivity contribution in [2.75, 3.05) is 13.6 Å². The number of aryl methyl sites for hydroxylation is 1. The molecule has 2 aliphatic rings. The van der Waals surface area contributed by atoms with Gasteiger partial charge in [-0.15, -0.1) is 0 Å². The van der Waals surface area contributed by atoms with Gasteiger partial charge in [0.2, 0.25) is 5.91 Å². The monoisotopic (exact) mass is 393 g/mol. The summed E-state index contributed by atoms with van der Waals surface area (Å²) < 4.78 is 14.3. The van der Waals surface area contributed by atoms with E-state index in [2.05, 4.69) is 5.10 Å². The number of hydrogen-bond acceptors (Lipinski definition) is 3. The summed E-state index contributed by atoms with van der Waals surface area (Å²) in [5.41, 5.74) is 3.00. The predicted octanol–water partition coefficient (Wildman–Crippen LogP) is 3.68. The normalized spacial score (nSPS) is 18.5. The van der Waals surface area contributed by atoms with Crippen molar-refractivity contribution in [3.8, 4) is 0 Å².